The molecule has 0 aliphatic heterocycles. The molecule has 0 N–H and O–H groups in total. The first-order valence-corrected chi connectivity index (χ1v) is 5.99. The van der Waals surface area contributed by atoms with Crippen molar-refractivity contribution in [1.82, 2.24) is 0 Å². The number of carbonyl (C=O) groups excluding carboxylic acids is 1. The summed E-state index contributed by atoms with van der Waals surface area (Å²) in [6.07, 6.45) is -1.53. The van der Waals surface area contributed by atoms with E-state index in [1.165, 1.54) is 6.07 Å². The number of fused-ring (bicyclic) bond motifs is 1. The van der Waals surface area contributed by atoms with Gasteiger partial charge in [-0.3, -0.25) is 0 Å². The van der Waals surface area contributed by atoms with Gasteiger partial charge < -0.3 is 9.15 Å². The summed E-state index contributed by atoms with van der Waals surface area (Å²) in [6, 6.07) is 2.82. The third-order valence-corrected chi connectivity index (χ3v) is 2.86. The van der Waals surface area contributed by atoms with Crippen LogP contribution in [0.5, 0.6) is 0 Å². The van der Waals surface area contributed by atoms with Crippen LogP contribution in [0, 0.1) is 0 Å². The molecule has 0 spiro atoms. The normalized spacial score (nSPS) is 11.2. The Morgan fingerprint density at radius 2 is 2.22 bits per heavy atom. The summed E-state index contributed by atoms with van der Waals surface area (Å²) < 4.78 is 36.0. The van der Waals surface area contributed by atoms with Gasteiger partial charge in [0.15, 0.2) is 0 Å². The van der Waals surface area contributed by atoms with E-state index in [9.17, 15) is 13.6 Å². The molecule has 0 bridgehead atoms. The molecule has 6 heteroatoms. The van der Waals surface area contributed by atoms with Crippen LogP contribution in [0.4, 0.5) is 8.78 Å². The van der Waals surface area contributed by atoms with Crippen molar-refractivity contribution in [3.05, 3.63) is 34.0 Å². The first-order chi connectivity index (χ1) is 8.54. The van der Waals surface area contributed by atoms with Crippen molar-refractivity contribution in [2.45, 2.75) is 13.3 Å². The third kappa shape index (κ3) is 2.25. The molecule has 2 aromatic rings. The van der Waals surface area contributed by atoms with Gasteiger partial charge in [-0.2, -0.15) is 0 Å². The van der Waals surface area contributed by atoms with Crippen LogP contribution in [-0.4, -0.2) is 12.6 Å². The van der Waals surface area contributed by atoms with Crippen LogP contribution in [0.2, 0.25) is 0 Å². The minimum Gasteiger partial charge on any atom is -0.463 e. The van der Waals surface area contributed by atoms with Crippen LogP contribution in [0.15, 0.2) is 27.3 Å². The highest BCUT2D eigenvalue weighted by molar-refractivity contribution is 9.10. The average molecular weight is 319 g/mol. The van der Waals surface area contributed by atoms with E-state index in [1.807, 2.05) is 0 Å². The van der Waals surface area contributed by atoms with Gasteiger partial charge in [0.2, 0.25) is 0 Å². The molecule has 18 heavy (non-hydrogen) atoms. The largest absolute Gasteiger partial charge is 0.463 e. The molecule has 0 amide bonds. The molecule has 0 fully saturated rings. The lowest BCUT2D eigenvalue weighted by molar-refractivity contribution is 0.0527. The standard InChI is InChI=1S/C12H9BrF2O3/c1-2-17-12(16)9-5-18-10-7(9)3-6(13)4-8(10)11(14)15/h3-5,11H,2H2,1H3. The van der Waals surface area contributed by atoms with E-state index >= 15 is 0 Å². The van der Waals surface area contributed by atoms with Crippen molar-refractivity contribution < 1.29 is 22.7 Å². The smallest absolute Gasteiger partial charge is 0.342 e. The number of esters is 1. The van der Waals surface area contributed by atoms with Gasteiger partial charge in [0.05, 0.1) is 12.2 Å². The fraction of sp³-hybridized carbons (Fsp3) is 0.250. The van der Waals surface area contributed by atoms with Gasteiger partial charge in [0.1, 0.15) is 17.4 Å². The van der Waals surface area contributed by atoms with Gasteiger partial charge >= 0.3 is 5.97 Å². The highest BCUT2D eigenvalue weighted by atomic mass is 79.9. The lowest BCUT2D eigenvalue weighted by Gasteiger charge is -2.03. The topological polar surface area (TPSA) is 39.4 Å². The molecule has 2 rings (SSSR count). The number of rotatable bonds is 3. The predicted octanol–water partition coefficient (Wildman–Crippen LogP) is 4.31. The van der Waals surface area contributed by atoms with Crippen LogP contribution < -0.4 is 0 Å². The molecule has 0 radical (unpaired) electrons. The van der Waals surface area contributed by atoms with Crippen molar-refractivity contribution in [3.63, 3.8) is 0 Å². The number of alkyl halides is 2. The van der Waals surface area contributed by atoms with Crippen LogP contribution in [0.3, 0.4) is 0 Å². The maximum Gasteiger partial charge on any atom is 0.342 e. The Labute approximate surface area is 110 Å². The summed E-state index contributed by atoms with van der Waals surface area (Å²) in [6.45, 7) is 1.88. The zero-order chi connectivity index (χ0) is 13.3. The maximum absolute atomic E-state index is 12.8. The van der Waals surface area contributed by atoms with Crippen LogP contribution in [-0.2, 0) is 4.74 Å². The highest BCUT2D eigenvalue weighted by Gasteiger charge is 2.21. The minimum absolute atomic E-state index is 0.0104. The highest BCUT2D eigenvalue weighted by Crippen LogP contribution is 2.34. The summed E-state index contributed by atoms with van der Waals surface area (Å²) in [5.41, 5.74) is -0.0961. The summed E-state index contributed by atoms with van der Waals surface area (Å²) in [7, 11) is 0. The van der Waals surface area contributed by atoms with Gasteiger partial charge in [0, 0.05) is 9.86 Å². The lowest BCUT2D eigenvalue weighted by Crippen LogP contribution is -2.03. The van der Waals surface area contributed by atoms with E-state index < -0.39 is 12.4 Å². The number of hydrogen-bond acceptors (Lipinski definition) is 3. The lowest BCUT2D eigenvalue weighted by atomic mass is 10.1. The second kappa shape index (κ2) is 5.06. The molecule has 0 atom stereocenters. The van der Waals surface area contributed by atoms with Gasteiger partial charge in [0.25, 0.3) is 6.43 Å². The Kier molecular flexibility index (Phi) is 3.65. The molecule has 1 heterocycles. The molecule has 3 nitrogen and oxygen atoms in total. The van der Waals surface area contributed by atoms with Gasteiger partial charge in [-0.25, -0.2) is 13.6 Å². The first kappa shape index (κ1) is 13.0. The van der Waals surface area contributed by atoms with Crippen LogP contribution >= 0.6 is 15.9 Å². The van der Waals surface area contributed by atoms with Gasteiger partial charge in [-0.05, 0) is 19.1 Å². The molecule has 0 aliphatic rings. The second-order valence-corrected chi connectivity index (χ2v) is 4.46. The number of carbonyl (C=O) groups is 1. The fourth-order valence-electron chi connectivity index (χ4n) is 1.66. The summed E-state index contributed by atoms with van der Waals surface area (Å²) in [5, 5.41) is 0.318. The van der Waals surface area contributed by atoms with Crippen LogP contribution in [0.1, 0.15) is 29.3 Å². The molecule has 0 saturated heterocycles. The molecule has 96 valence electrons. The van der Waals surface area contributed by atoms with Crippen molar-refractivity contribution in [2.75, 3.05) is 6.61 Å². The Morgan fingerprint density at radius 1 is 1.50 bits per heavy atom. The molecule has 0 unspecified atom stereocenters. The molecule has 1 aromatic heterocycles. The monoisotopic (exact) mass is 318 g/mol. The Hall–Kier alpha value is -1.43. The number of benzene rings is 1. The van der Waals surface area contributed by atoms with Crippen LogP contribution in [0.25, 0.3) is 11.0 Å². The van der Waals surface area contributed by atoms with Gasteiger partial charge in [-0.1, -0.05) is 15.9 Å². The van der Waals surface area contributed by atoms with E-state index in [2.05, 4.69) is 15.9 Å². The first-order valence-electron chi connectivity index (χ1n) is 5.20. The van der Waals surface area contributed by atoms with Crippen molar-refractivity contribution in [1.29, 1.82) is 0 Å². The summed E-state index contributed by atoms with van der Waals surface area (Å²) in [4.78, 5) is 11.6. The zero-order valence-electron chi connectivity index (χ0n) is 9.38. The third-order valence-electron chi connectivity index (χ3n) is 2.40. The molecular weight excluding hydrogens is 310 g/mol. The van der Waals surface area contributed by atoms with E-state index in [0.717, 1.165) is 6.26 Å². The van der Waals surface area contributed by atoms with E-state index in [0.29, 0.717) is 9.86 Å². The summed E-state index contributed by atoms with van der Waals surface area (Å²) in [5.74, 6) is -0.588. The summed E-state index contributed by atoms with van der Waals surface area (Å²) >= 11 is 3.13. The van der Waals surface area contributed by atoms with E-state index in [-0.39, 0.29) is 23.3 Å². The molecule has 1 aromatic carbocycles. The Balaban J connectivity index is 2.62. The van der Waals surface area contributed by atoms with E-state index in [1.54, 1.807) is 13.0 Å². The number of ether oxygens (including phenoxy) is 1. The average Bonchev–Trinajstić information content (AvgIpc) is 2.71. The van der Waals surface area contributed by atoms with Crippen molar-refractivity contribution in [2.24, 2.45) is 0 Å². The number of hydrogen-bond donors (Lipinski definition) is 0. The molecule has 0 aliphatic carbocycles. The van der Waals surface area contributed by atoms with Crippen molar-refractivity contribution >= 4 is 32.9 Å². The molecule has 0 saturated carbocycles. The molecular formula is C12H9BrF2O3. The fourth-order valence-corrected chi connectivity index (χ4v) is 2.13. The predicted molar refractivity (Wildman–Crippen MR) is 64.8 cm³/mol. The quantitative estimate of drug-likeness (QED) is 0.792. The SMILES string of the molecule is CCOC(=O)c1coc2c(C(F)F)cc(Br)cc12. The Bertz CT molecular complexity index is 592. The van der Waals surface area contributed by atoms with E-state index in [4.69, 9.17) is 9.15 Å². The van der Waals surface area contributed by atoms with Gasteiger partial charge in [-0.15, -0.1) is 0 Å². The number of halogens is 3. The number of furan rings is 1. The maximum atomic E-state index is 12.8. The van der Waals surface area contributed by atoms with Crippen molar-refractivity contribution in [3.8, 4) is 0 Å². The minimum atomic E-state index is -2.67. The zero-order valence-corrected chi connectivity index (χ0v) is 11.0. The Morgan fingerprint density at radius 3 is 2.83 bits per heavy atom. The second-order valence-electron chi connectivity index (χ2n) is 3.54.